The molecule has 0 fully saturated rings. The molecule has 0 bridgehead atoms. The van der Waals surface area contributed by atoms with Crippen molar-refractivity contribution < 1.29 is 13.2 Å². The van der Waals surface area contributed by atoms with Crippen LogP contribution < -0.4 is 5.32 Å². The SMILES string of the molecule is Cc1ccc(CNc2ccc(Br)cc2C(F)(F)F)cc1Br. The molecular formula is C15H12Br2F3N. The summed E-state index contributed by atoms with van der Waals surface area (Å²) in [5.41, 5.74) is 1.38. The van der Waals surface area contributed by atoms with E-state index in [4.69, 9.17) is 0 Å². The van der Waals surface area contributed by atoms with Gasteiger partial charge in [0.1, 0.15) is 0 Å². The first kappa shape index (κ1) is 16.4. The van der Waals surface area contributed by atoms with E-state index >= 15 is 0 Å². The first-order chi connectivity index (χ1) is 9.77. The molecule has 0 heterocycles. The average molecular weight is 423 g/mol. The Kier molecular flexibility index (Phi) is 4.99. The van der Waals surface area contributed by atoms with Crippen molar-refractivity contribution >= 4 is 37.5 Å². The van der Waals surface area contributed by atoms with Crippen LogP contribution in [0.2, 0.25) is 0 Å². The third-order valence-electron chi connectivity index (χ3n) is 3.01. The van der Waals surface area contributed by atoms with Crippen LogP contribution in [0.25, 0.3) is 0 Å². The number of rotatable bonds is 3. The smallest absolute Gasteiger partial charge is 0.380 e. The fourth-order valence-corrected chi connectivity index (χ4v) is 2.64. The van der Waals surface area contributed by atoms with Gasteiger partial charge in [0.2, 0.25) is 0 Å². The van der Waals surface area contributed by atoms with E-state index in [1.165, 1.54) is 6.07 Å². The fourth-order valence-electron chi connectivity index (χ4n) is 1.85. The molecule has 2 rings (SSSR count). The summed E-state index contributed by atoms with van der Waals surface area (Å²) in [6.45, 7) is 2.28. The van der Waals surface area contributed by atoms with Crippen molar-refractivity contribution in [2.45, 2.75) is 19.6 Å². The van der Waals surface area contributed by atoms with Crippen LogP contribution in [0.1, 0.15) is 16.7 Å². The Bertz CT molecular complexity index is 654. The molecule has 1 nitrogen and oxygen atoms in total. The van der Waals surface area contributed by atoms with Crippen LogP contribution in [0.15, 0.2) is 45.3 Å². The lowest BCUT2D eigenvalue weighted by atomic mass is 10.1. The van der Waals surface area contributed by atoms with Gasteiger partial charge in [0.25, 0.3) is 0 Å². The molecule has 0 unspecified atom stereocenters. The molecule has 0 amide bonds. The van der Waals surface area contributed by atoms with E-state index in [9.17, 15) is 13.2 Å². The van der Waals surface area contributed by atoms with Gasteiger partial charge in [0.05, 0.1) is 5.56 Å². The van der Waals surface area contributed by atoms with Crippen LogP contribution in [0.5, 0.6) is 0 Å². The Hall–Kier alpha value is -1.01. The summed E-state index contributed by atoms with van der Waals surface area (Å²) in [6.07, 6.45) is -4.39. The normalized spacial score (nSPS) is 11.5. The van der Waals surface area contributed by atoms with Crippen molar-refractivity contribution in [3.05, 3.63) is 62.0 Å². The Labute approximate surface area is 137 Å². The highest BCUT2D eigenvalue weighted by Gasteiger charge is 2.33. The predicted molar refractivity (Wildman–Crippen MR) is 85.3 cm³/mol. The lowest BCUT2D eigenvalue weighted by Gasteiger charge is -2.15. The monoisotopic (exact) mass is 421 g/mol. The van der Waals surface area contributed by atoms with Crippen molar-refractivity contribution in [2.75, 3.05) is 5.32 Å². The number of hydrogen-bond acceptors (Lipinski definition) is 1. The van der Waals surface area contributed by atoms with Crippen LogP contribution in [0.4, 0.5) is 18.9 Å². The summed E-state index contributed by atoms with van der Waals surface area (Å²) >= 11 is 6.48. The largest absolute Gasteiger partial charge is 0.418 e. The van der Waals surface area contributed by atoms with Crippen molar-refractivity contribution in [1.29, 1.82) is 0 Å². The molecule has 0 atom stereocenters. The van der Waals surface area contributed by atoms with Gasteiger partial charge in [-0.1, -0.05) is 44.0 Å². The zero-order valence-electron chi connectivity index (χ0n) is 11.1. The Morgan fingerprint density at radius 2 is 1.76 bits per heavy atom. The minimum atomic E-state index is -4.39. The fraction of sp³-hybridized carbons (Fsp3) is 0.200. The molecule has 21 heavy (non-hydrogen) atoms. The van der Waals surface area contributed by atoms with E-state index in [1.807, 2.05) is 25.1 Å². The molecule has 1 N–H and O–H groups in total. The van der Waals surface area contributed by atoms with Crippen LogP contribution >= 0.6 is 31.9 Å². The van der Waals surface area contributed by atoms with E-state index < -0.39 is 11.7 Å². The molecule has 112 valence electrons. The maximum Gasteiger partial charge on any atom is 0.418 e. The molecule has 6 heteroatoms. The van der Waals surface area contributed by atoms with E-state index in [1.54, 1.807) is 6.07 Å². The number of benzene rings is 2. The molecule has 0 aliphatic carbocycles. The topological polar surface area (TPSA) is 12.0 Å². The van der Waals surface area contributed by atoms with Gasteiger partial charge in [-0.3, -0.25) is 0 Å². The molecular weight excluding hydrogens is 411 g/mol. The molecule has 2 aromatic carbocycles. The number of aryl methyl sites for hydroxylation is 1. The summed E-state index contributed by atoms with van der Waals surface area (Å²) < 4.78 is 40.3. The van der Waals surface area contributed by atoms with Crippen LogP contribution in [0, 0.1) is 6.92 Å². The summed E-state index contributed by atoms with van der Waals surface area (Å²) in [7, 11) is 0. The minimum Gasteiger partial charge on any atom is -0.380 e. The second kappa shape index (κ2) is 6.40. The molecule has 2 aromatic rings. The summed E-state index contributed by atoms with van der Waals surface area (Å²) in [5.74, 6) is 0. The highest BCUT2D eigenvalue weighted by molar-refractivity contribution is 9.10. The van der Waals surface area contributed by atoms with E-state index in [-0.39, 0.29) is 5.69 Å². The Balaban J connectivity index is 2.22. The molecule has 0 saturated carbocycles. The summed E-state index contributed by atoms with van der Waals surface area (Å²) in [6, 6.07) is 9.80. The molecule has 0 aromatic heterocycles. The summed E-state index contributed by atoms with van der Waals surface area (Å²) in [5, 5.41) is 2.85. The third-order valence-corrected chi connectivity index (χ3v) is 4.35. The van der Waals surface area contributed by atoms with Crippen LogP contribution in [-0.4, -0.2) is 0 Å². The highest BCUT2D eigenvalue weighted by Crippen LogP contribution is 2.36. The summed E-state index contributed by atoms with van der Waals surface area (Å²) in [4.78, 5) is 0. The average Bonchev–Trinajstić information content (AvgIpc) is 2.40. The zero-order chi connectivity index (χ0) is 15.6. The van der Waals surface area contributed by atoms with Crippen molar-refractivity contribution in [3.8, 4) is 0 Å². The standard InChI is InChI=1S/C15H12Br2F3N/c1-9-2-3-10(6-13(9)17)8-21-14-5-4-11(16)7-12(14)15(18,19)20/h2-7,21H,8H2,1H3. The van der Waals surface area contributed by atoms with Gasteiger partial charge in [0, 0.05) is 21.2 Å². The third kappa shape index (κ3) is 4.23. The van der Waals surface area contributed by atoms with Crippen LogP contribution in [-0.2, 0) is 12.7 Å². The first-order valence-electron chi connectivity index (χ1n) is 6.13. The lowest BCUT2D eigenvalue weighted by molar-refractivity contribution is -0.137. The second-order valence-corrected chi connectivity index (χ2v) is 6.39. The van der Waals surface area contributed by atoms with E-state index in [0.29, 0.717) is 11.0 Å². The molecule has 0 aliphatic rings. The highest BCUT2D eigenvalue weighted by atomic mass is 79.9. The number of halogens is 5. The number of hydrogen-bond donors (Lipinski definition) is 1. The van der Waals surface area contributed by atoms with Crippen molar-refractivity contribution in [1.82, 2.24) is 0 Å². The molecule has 0 aliphatic heterocycles. The van der Waals surface area contributed by atoms with Gasteiger partial charge in [-0.2, -0.15) is 13.2 Å². The lowest BCUT2D eigenvalue weighted by Crippen LogP contribution is -2.11. The van der Waals surface area contributed by atoms with Gasteiger partial charge >= 0.3 is 6.18 Å². The number of alkyl halides is 3. The quantitative estimate of drug-likeness (QED) is 0.625. The molecule has 0 saturated heterocycles. The van der Waals surface area contributed by atoms with E-state index in [2.05, 4.69) is 37.2 Å². The first-order valence-corrected chi connectivity index (χ1v) is 7.71. The van der Waals surface area contributed by atoms with Crippen LogP contribution in [0.3, 0.4) is 0 Å². The van der Waals surface area contributed by atoms with Gasteiger partial charge < -0.3 is 5.32 Å². The zero-order valence-corrected chi connectivity index (χ0v) is 14.2. The second-order valence-electron chi connectivity index (χ2n) is 4.62. The molecule has 0 radical (unpaired) electrons. The minimum absolute atomic E-state index is 0.0717. The maximum atomic E-state index is 13.0. The van der Waals surface area contributed by atoms with Gasteiger partial charge in [0.15, 0.2) is 0 Å². The number of anilines is 1. The number of nitrogens with one attached hydrogen (secondary N) is 1. The predicted octanol–water partition coefficient (Wildman–Crippen LogP) is 6.15. The van der Waals surface area contributed by atoms with Gasteiger partial charge in [-0.15, -0.1) is 0 Å². The maximum absolute atomic E-state index is 13.0. The Morgan fingerprint density at radius 1 is 1.05 bits per heavy atom. The van der Waals surface area contributed by atoms with E-state index in [0.717, 1.165) is 21.7 Å². The van der Waals surface area contributed by atoms with Crippen molar-refractivity contribution in [3.63, 3.8) is 0 Å². The van der Waals surface area contributed by atoms with Gasteiger partial charge in [-0.05, 0) is 42.3 Å². The van der Waals surface area contributed by atoms with Crippen molar-refractivity contribution in [2.24, 2.45) is 0 Å². The molecule has 0 spiro atoms. The van der Waals surface area contributed by atoms with Gasteiger partial charge in [-0.25, -0.2) is 0 Å². The Morgan fingerprint density at radius 3 is 2.38 bits per heavy atom.